The lowest BCUT2D eigenvalue weighted by Gasteiger charge is -2.22. The topological polar surface area (TPSA) is 66.5 Å². The summed E-state index contributed by atoms with van der Waals surface area (Å²) < 4.78 is 29.3. The molecule has 0 aliphatic rings. The van der Waals surface area contributed by atoms with E-state index in [0.717, 1.165) is 13.3 Å². The lowest BCUT2D eigenvalue weighted by Crippen LogP contribution is -2.37. The number of sulfonamides is 1. The number of benzene rings is 3. The molecule has 30 heavy (non-hydrogen) atoms. The first-order chi connectivity index (χ1) is 14.3. The van der Waals surface area contributed by atoms with Crippen molar-refractivity contribution in [2.45, 2.75) is 11.4 Å². The highest BCUT2D eigenvalue weighted by Gasteiger charge is 2.27. The van der Waals surface area contributed by atoms with Gasteiger partial charge in [0.25, 0.3) is 0 Å². The number of hydrogen-bond acceptors (Lipinski definition) is 3. The summed E-state index contributed by atoms with van der Waals surface area (Å²) in [4.78, 5) is 12.7. The molecule has 0 heterocycles. The van der Waals surface area contributed by atoms with E-state index in [1.54, 1.807) is 60.7 Å². The second-order valence-electron chi connectivity index (χ2n) is 6.37. The molecule has 0 saturated heterocycles. The van der Waals surface area contributed by atoms with Gasteiger partial charge in [0.1, 0.15) is 0 Å². The Morgan fingerprint density at radius 3 is 2.07 bits per heavy atom. The van der Waals surface area contributed by atoms with Crippen LogP contribution in [0.3, 0.4) is 0 Å². The fourth-order valence-corrected chi connectivity index (χ4v) is 4.79. The Balaban J connectivity index is 1.88. The molecule has 0 aliphatic carbocycles. The maximum Gasteiger partial charge on any atom is 0.243 e. The van der Waals surface area contributed by atoms with Gasteiger partial charge in [0, 0.05) is 26.2 Å². The SMILES string of the molecule is O=C(CN(Cc1ccccc1Cl)S(=O)(=O)c1ccc(Br)cc1)Nc1ccc(Br)cc1. The fourth-order valence-electron chi connectivity index (χ4n) is 2.69. The molecule has 0 aromatic heterocycles. The van der Waals surface area contributed by atoms with Crippen molar-refractivity contribution >= 4 is 65.1 Å². The van der Waals surface area contributed by atoms with Crippen LogP contribution in [0.1, 0.15) is 5.56 Å². The molecule has 9 heteroatoms. The van der Waals surface area contributed by atoms with E-state index < -0.39 is 15.9 Å². The van der Waals surface area contributed by atoms with Gasteiger partial charge >= 0.3 is 0 Å². The quantitative estimate of drug-likeness (QED) is 0.395. The minimum atomic E-state index is -3.94. The molecule has 0 spiro atoms. The summed E-state index contributed by atoms with van der Waals surface area (Å²) in [5.41, 5.74) is 1.18. The summed E-state index contributed by atoms with van der Waals surface area (Å²) in [7, 11) is -3.94. The van der Waals surface area contributed by atoms with Crippen molar-refractivity contribution in [3.63, 3.8) is 0 Å². The molecule has 1 N–H and O–H groups in total. The molecule has 3 aromatic rings. The number of anilines is 1. The minimum Gasteiger partial charge on any atom is -0.325 e. The number of carbonyl (C=O) groups excluding carboxylic acids is 1. The lowest BCUT2D eigenvalue weighted by molar-refractivity contribution is -0.116. The van der Waals surface area contributed by atoms with Crippen LogP contribution in [0, 0.1) is 0 Å². The standard InChI is InChI=1S/C21H17Br2ClN2O3S/c22-16-5-9-18(10-6-16)25-21(27)14-26(13-15-3-1-2-4-20(15)24)30(28,29)19-11-7-17(23)8-12-19/h1-12H,13-14H2,(H,25,27). The minimum absolute atomic E-state index is 0.0359. The van der Waals surface area contributed by atoms with Crippen molar-refractivity contribution in [2.24, 2.45) is 0 Å². The van der Waals surface area contributed by atoms with Gasteiger partial charge in [-0.15, -0.1) is 0 Å². The van der Waals surface area contributed by atoms with Gasteiger partial charge in [0.2, 0.25) is 15.9 Å². The molecule has 0 saturated carbocycles. The molecular weight excluding hydrogens is 556 g/mol. The third-order valence-corrected chi connectivity index (χ3v) is 7.44. The van der Waals surface area contributed by atoms with Crippen LogP contribution in [0.25, 0.3) is 0 Å². The van der Waals surface area contributed by atoms with E-state index >= 15 is 0 Å². The van der Waals surface area contributed by atoms with Crippen LogP contribution in [-0.2, 0) is 21.4 Å². The Kier molecular flexibility index (Phi) is 7.70. The normalized spacial score (nSPS) is 11.5. The molecule has 156 valence electrons. The molecular formula is C21H17Br2ClN2O3S. The van der Waals surface area contributed by atoms with E-state index in [-0.39, 0.29) is 18.0 Å². The van der Waals surface area contributed by atoms with Crippen LogP contribution in [0.2, 0.25) is 5.02 Å². The second kappa shape index (κ2) is 10.1. The van der Waals surface area contributed by atoms with Crippen molar-refractivity contribution < 1.29 is 13.2 Å². The number of carbonyl (C=O) groups is 1. The van der Waals surface area contributed by atoms with Crippen molar-refractivity contribution in [1.82, 2.24) is 4.31 Å². The van der Waals surface area contributed by atoms with Crippen LogP contribution >= 0.6 is 43.5 Å². The first kappa shape index (κ1) is 23.0. The Morgan fingerprint density at radius 2 is 1.47 bits per heavy atom. The van der Waals surface area contributed by atoms with Gasteiger partial charge in [-0.3, -0.25) is 4.79 Å². The molecule has 0 fully saturated rings. The summed E-state index contributed by atoms with van der Waals surface area (Å²) in [5, 5.41) is 3.16. The van der Waals surface area contributed by atoms with Crippen molar-refractivity contribution in [2.75, 3.05) is 11.9 Å². The number of halogens is 3. The Hall–Kier alpha value is -1.71. The van der Waals surface area contributed by atoms with Gasteiger partial charge in [-0.25, -0.2) is 8.42 Å². The van der Waals surface area contributed by atoms with Crippen molar-refractivity contribution in [3.8, 4) is 0 Å². The zero-order valence-electron chi connectivity index (χ0n) is 15.6. The molecule has 0 atom stereocenters. The summed E-state index contributed by atoms with van der Waals surface area (Å²) in [6, 6.07) is 20.2. The van der Waals surface area contributed by atoms with E-state index in [2.05, 4.69) is 37.2 Å². The number of rotatable bonds is 7. The number of nitrogens with one attached hydrogen (secondary N) is 1. The Labute approximate surface area is 197 Å². The third kappa shape index (κ3) is 5.92. The highest BCUT2D eigenvalue weighted by atomic mass is 79.9. The van der Waals surface area contributed by atoms with Crippen LogP contribution < -0.4 is 5.32 Å². The summed E-state index contributed by atoms with van der Waals surface area (Å²) in [5.74, 6) is -0.454. The van der Waals surface area contributed by atoms with Crippen LogP contribution in [0.5, 0.6) is 0 Å². The Bertz CT molecular complexity index is 1140. The average Bonchev–Trinajstić information content (AvgIpc) is 2.71. The predicted molar refractivity (Wildman–Crippen MR) is 126 cm³/mol. The van der Waals surface area contributed by atoms with E-state index in [4.69, 9.17) is 11.6 Å². The van der Waals surface area contributed by atoms with E-state index in [1.165, 1.54) is 12.1 Å². The summed E-state index contributed by atoms with van der Waals surface area (Å²) >= 11 is 12.9. The number of nitrogens with zero attached hydrogens (tertiary/aromatic N) is 1. The summed E-state index contributed by atoms with van der Waals surface area (Å²) in [6.07, 6.45) is 0. The van der Waals surface area contributed by atoms with Crippen molar-refractivity contribution in [1.29, 1.82) is 0 Å². The molecule has 0 radical (unpaired) electrons. The predicted octanol–water partition coefficient (Wildman–Crippen LogP) is 5.69. The molecule has 3 aromatic carbocycles. The molecule has 0 bridgehead atoms. The van der Waals surface area contributed by atoms with E-state index in [1.807, 2.05) is 0 Å². The largest absolute Gasteiger partial charge is 0.325 e. The summed E-state index contributed by atoms with van der Waals surface area (Å²) in [6.45, 7) is -0.397. The maximum absolute atomic E-state index is 13.3. The second-order valence-corrected chi connectivity index (χ2v) is 10.5. The van der Waals surface area contributed by atoms with Gasteiger partial charge in [-0.2, -0.15) is 4.31 Å². The number of hydrogen-bond donors (Lipinski definition) is 1. The van der Waals surface area contributed by atoms with Crippen LogP contribution in [0.15, 0.2) is 86.6 Å². The molecule has 1 amide bonds. The van der Waals surface area contributed by atoms with Gasteiger partial charge in [0.15, 0.2) is 0 Å². The first-order valence-electron chi connectivity index (χ1n) is 8.80. The third-order valence-electron chi connectivity index (χ3n) is 4.20. The highest BCUT2D eigenvalue weighted by Crippen LogP contribution is 2.24. The van der Waals surface area contributed by atoms with E-state index in [0.29, 0.717) is 16.3 Å². The van der Waals surface area contributed by atoms with Gasteiger partial charge < -0.3 is 5.32 Å². The fraction of sp³-hybridized carbons (Fsp3) is 0.0952. The molecule has 0 unspecified atom stereocenters. The van der Waals surface area contributed by atoms with Crippen LogP contribution in [-0.4, -0.2) is 25.2 Å². The monoisotopic (exact) mass is 570 g/mol. The van der Waals surface area contributed by atoms with Gasteiger partial charge in [-0.05, 0) is 60.2 Å². The van der Waals surface area contributed by atoms with E-state index in [9.17, 15) is 13.2 Å². The highest BCUT2D eigenvalue weighted by molar-refractivity contribution is 9.10. The van der Waals surface area contributed by atoms with Gasteiger partial charge in [0.05, 0.1) is 11.4 Å². The zero-order chi connectivity index (χ0) is 21.7. The molecule has 0 aliphatic heterocycles. The smallest absolute Gasteiger partial charge is 0.243 e. The average molecular weight is 573 g/mol. The van der Waals surface area contributed by atoms with Gasteiger partial charge in [-0.1, -0.05) is 61.7 Å². The first-order valence-corrected chi connectivity index (χ1v) is 12.2. The Morgan fingerprint density at radius 1 is 0.900 bits per heavy atom. The van der Waals surface area contributed by atoms with Crippen LogP contribution in [0.4, 0.5) is 5.69 Å². The maximum atomic E-state index is 13.3. The van der Waals surface area contributed by atoms with Crippen molar-refractivity contribution in [3.05, 3.63) is 92.3 Å². The number of amides is 1. The lowest BCUT2D eigenvalue weighted by atomic mass is 10.2. The molecule has 3 rings (SSSR count). The zero-order valence-corrected chi connectivity index (χ0v) is 20.3. The molecule has 5 nitrogen and oxygen atoms in total.